The Labute approximate surface area is 166 Å². The second-order valence-electron chi connectivity index (χ2n) is 8.40. The van der Waals surface area contributed by atoms with Crippen LogP contribution in [0.1, 0.15) is 34.1 Å². The fourth-order valence-electron chi connectivity index (χ4n) is 3.25. The van der Waals surface area contributed by atoms with E-state index in [1.165, 1.54) is 12.1 Å². The molecule has 8 nitrogen and oxygen atoms in total. The Morgan fingerprint density at radius 2 is 2.07 bits per heavy atom. The van der Waals surface area contributed by atoms with E-state index in [9.17, 15) is 18.8 Å². The van der Waals surface area contributed by atoms with Gasteiger partial charge in [0.25, 0.3) is 0 Å². The third-order valence-corrected chi connectivity index (χ3v) is 4.65. The summed E-state index contributed by atoms with van der Waals surface area (Å²) >= 11 is 0. The first-order chi connectivity index (χ1) is 13.5. The largest absolute Gasteiger partial charge is 0.441 e. The highest BCUT2D eigenvalue weighted by Gasteiger charge is 2.36. The molecule has 1 aliphatic rings. The second kappa shape index (κ2) is 7.90. The molecule has 29 heavy (non-hydrogen) atoms. The molecule has 1 amide bonds. The van der Waals surface area contributed by atoms with Crippen molar-refractivity contribution >= 4 is 28.5 Å². The van der Waals surface area contributed by atoms with E-state index >= 15 is 0 Å². The maximum atomic E-state index is 13.5. The summed E-state index contributed by atoms with van der Waals surface area (Å²) in [7, 11) is 0. The first-order valence-corrected chi connectivity index (χ1v) is 9.35. The minimum atomic E-state index is -0.909. The quantitative estimate of drug-likeness (QED) is 0.783. The number of halogens is 1. The Hall–Kier alpha value is -2.81. The number of nitrogens with zero attached hydrogens (tertiary/aromatic N) is 1. The summed E-state index contributed by atoms with van der Waals surface area (Å²) in [6, 6.07) is 2.19. The highest BCUT2D eigenvalue weighted by atomic mass is 19.1. The van der Waals surface area contributed by atoms with Crippen LogP contribution in [-0.4, -0.2) is 41.5 Å². The average Bonchev–Trinajstić information content (AvgIpc) is 2.91. The lowest BCUT2D eigenvalue weighted by Gasteiger charge is -2.28. The van der Waals surface area contributed by atoms with Gasteiger partial charge in [-0.15, -0.1) is 0 Å². The van der Waals surface area contributed by atoms with Gasteiger partial charge in [0.05, 0.1) is 11.5 Å². The molecular weight excluding hydrogens is 381 g/mol. The van der Waals surface area contributed by atoms with Crippen molar-refractivity contribution < 1.29 is 23.1 Å². The number of nitrogens with one attached hydrogen (secondary N) is 2. The van der Waals surface area contributed by atoms with Crippen molar-refractivity contribution in [2.75, 3.05) is 11.9 Å². The third kappa shape index (κ3) is 4.97. The number of Topliss-reactive ketones (excluding diaryl/α,β-unsaturated/α-hetero) is 1. The molecule has 3 rings (SSSR count). The van der Waals surface area contributed by atoms with Gasteiger partial charge in [0.15, 0.2) is 5.78 Å². The fraction of sp³-hybridized carbons (Fsp3) is 0.500. The second-order valence-corrected chi connectivity index (χ2v) is 8.40. The number of hydrogen-bond acceptors (Lipinski definition) is 7. The van der Waals surface area contributed by atoms with Crippen molar-refractivity contribution in [1.29, 1.82) is 0 Å². The normalized spacial score (nSPS) is 20.7. The van der Waals surface area contributed by atoms with Gasteiger partial charge in [-0.3, -0.25) is 9.59 Å². The Morgan fingerprint density at radius 3 is 2.69 bits per heavy atom. The molecule has 0 bridgehead atoms. The van der Waals surface area contributed by atoms with E-state index in [0.717, 1.165) is 6.07 Å². The zero-order chi connectivity index (χ0) is 21.3. The number of hydrogen-bond donors (Lipinski definition) is 2. The molecule has 1 aromatic carbocycles. The number of anilines is 1. The van der Waals surface area contributed by atoms with Gasteiger partial charge in [-0.2, -0.15) is 4.98 Å². The first-order valence-electron chi connectivity index (χ1n) is 9.35. The van der Waals surface area contributed by atoms with Crippen molar-refractivity contribution in [2.24, 2.45) is 5.41 Å². The molecule has 0 spiro atoms. The number of aromatic nitrogens is 1. The van der Waals surface area contributed by atoms with Gasteiger partial charge < -0.3 is 19.8 Å². The zero-order valence-corrected chi connectivity index (χ0v) is 16.7. The van der Waals surface area contributed by atoms with Gasteiger partial charge in [0, 0.05) is 6.07 Å². The summed E-state index contributed by atoms with van der Waals surface area (Å²) in [5, 5.41) is 6.08. The molecule has 2 heterocycles. The smallest absolute Gasteiger partial charge is 0.408 e. The monoisotopic (exact) mass is 405 g/mol. The van der Waals surface area contributed by atoms with Crippen LogP contribution in [0, 0.1) is 11.2 Å². The van der Waals surface area contributed by atoms with Crippen molar-refractivity contribution in [2.45, 2.75) is 52.3 Å². The number of carbonyl (C=O) groups is 2. The van der Waals surface area contributed by atoms with Crippen LogP contribution in [0.4, 0.5) is 10.2 Å². The van der Waals surface area contributed by atoms with Crippen molar-refractivity contribution in [3.63, 3.8) is 0 Å². The molecular formula is C20H24FN3O5. The standard InChI is InChI=1S/C20H24FN3O5/c1-10-16(14(25)9-28-10)23-18(26)13(8-20(2,3)4)22-17-12-6-5-11(21)7-15(12)29-19(27)24-17/h5-7,10,13,16H,8-9H2,1-4H3,(H,23,26)(H,22,24,27). The number of carbonyl (C=O) groups excluding carboxylic acids is 2. The van der Waals surface area contributed by atoms with Gasteiger partial charge in [-0.05, 0) is 30.9 Å². The average molecular weight is 405 g/mol. The lowest BCUT2D eigenvalue weighted by atomic mass is 9.87. The minimum Gasteiger partial charge on any atom is -0.408 e. The van der Waals surface area contributed by atoms with Crippen LogP contribution in [0.2, 0.25) is 0 Å². The molecule has 0 radical (unpaired) electrons. The Balaban J connectivity index is 1.92. The molecule has 0 aliphatic carbocycles. The van der Waals surface area contributed by atoms with E-state index in [1.54, 1.807) is 6.92 Å². The molecule has 156 valence electrons. The summed E-state index contributed by atoms with van der Waals surface area (Å²) in [5.74, 6) is -1.97. The SMILES string of the molecule is CC1OCC(=O)C1NC(=O)C(CC(C)(C)C)Nc1nc(=O)oc2cc(F)ccc12. The van der Waals surface area contributed by atoms with Crippen LogP contribution < -0.4 is 16.4 Å². The summed E-state index contributed by atoms with van der Waals surface area (Å²) in [5.41, 5.74) is -0.228. The summed E-state index contributed by atoms with van der Waals surface area (Å²) in [4.78, 5) is 40.6. The number of amides is 1. The van der Waals surface area contributed by atoms with E-state index in [0.29, 0.717) is 11.8 Å². The maximum Gasteiger partial charge on any atom is 0.441 e. The number of ketones is 1. The Bertz CT molecular complexity index is 998. The van der Waals surface area contributed by atoms with Crippen molar-refractivity contribution in [1.82, 2.24) is 10.3 Å². The summed E-state index contributed by atoms with van der Waals surface area (Å²) in [6.07, 6.45) is -0.0352. The lowest BCUT2D eigenvalue weighted by Crippen LogP contribution is -2.50. The van der Waals surface area contributed by atoms with Crippen LogP contribution in [-0.2, 0) is 14.3 Å². The van der Waals surface area contributed by atoms with Gasteiger partial charge >= 0.3 is 5.76 Å². The third-order valence-electron chi connectivity index (χ3n) is 4.65. The van der Waals surface area contributed by atoms with Crippen LogP contribution in [0.25, 0.3) is 11.0 Å². The van der Waals surface area contributed by atoms with Gasteiger partial charge in [0.1, 0.15) is 35.9 Å². The zero-order valence-electron chi connectivity index (χ0n) is 16.7. The lowest BCUT2D eigenvalue weighted by molar-refractivity contribution is -0.127. The van der Waals surface area contributed by atoms with Crippen LogP contribution in [0.5, 0.6) is 0 Å². The summed E-state index contributed by atoms with van der Waals surface area (Å²) in [6.45, 7) is 7.56. The molecule has 1 saturated heterocycles. The van der Waals surface area contributed by atoms with E-state index in [4.69, 9.17) is 9.15 Å². The molecule has 1 aliphatic heterocycles. The van der Waals surface area contributed by atoms with Crippen molar-refractivity contribution in [3.8, 4) is 0 Å². The van der Waals surface area contributed by atoms with E-state index in [1.807, 2.05) is 20.8 Å². The number of fused-ring (bicyclic) bond motifs is 1. The molecule has 0 saturated carbocycles. The highest BCUT2D eigenvalue weighted by molar-refractivity contribution is 5.95. The fourth-order valence-corrected chi connectivity index (χ4v) is 3.25. The van der Waals surface area contributed by atoms with Crippen LogP contribution >= 0.6 is 0 Å². The van der Waals surface area contributed by atoms with Gasteiger partial charge in [-0.25, -0.2) is 9.18 Å². The van der Waals surface area contributed by atoms with E-state index < -0.39 is 35.7 Å². The van der Waals surface area contributed by atoms with Crippen molar-refractivity contribution in [3.05, 3.63) is 34.6 Å². The molecule has 9 heteroatoms. The van der Waals surface area contributed by atoms with E-state index in [2.05, 4.69) is 15.6 Å². The molecule has 1 aromatic heterocycles. The van der Waals surface area contributed by atoms with E-state index in [-0.39, 0.29) is 29.2 Å². The van der Waals surface area contributed by atoms with Crippen LogP contribution in [0.3, 0.4) is 0 Å². The Kier molecular flexibility index (Phi) is 5.70. The molecule has 3 unspecified atom stereocenters. The molecule has 1 fully saturated rings. The summed E-state index contributed by atoms with van der Waals surface area (Å²) < 4.78 is 23.7. The highest BCUT2D eigenvalue weighted by Crippen LogP contribution is 2.26. The predicted octanol–water partition coefficient (Wildman–Crippen LogP) is 2.02. The maximum absolute atomic E-state index is 13.5. The first kappa shape index (κ1) is 20.9. The number of rotatable bonds is 5. The topological polar surface area (TPSA) is 111 Å². The Morgan fingerprint density at radius 1 is 1.34 bits per heavy atom. The van der Waals surface area contributed by atoms with Gasteiger partial charge in [-0.1, -0.05) is 20.8 Å². The minimum absolute atomic E-state index is 0.0235. The predicted molar refractivity (Wildman–Crippen MR) is 104 cm³/mol. The van der Waals surface area contributed by atoms with Crippen LogP contribution in [0.15, 0.2) is 27.4 Å². The van der Waals surface area contributed by atoms with Gasteiger partial charge in [0.2, 0.25) is 5.91 Å². The number of ether oxygens (including phenoxy) is 1. The molecule has 2 aromatic rings. The number of benzene rings is 1. The molecule has 2 N–H and O–H groups in total. The molecule has 3 atom stereocenters.